The first-order valence-corrected chi connectivity index (χ1v) is 36.8. The van der Waals surface area contributed by atoms with E-state index in [2.05, 4.69) is 27.7 Å². The second-order valence-electron chi connectivity index (χ2n) is 23.2. The van der Waals surface area contributed by atoms with Crippen LogP contribution < -0.4 is 0 Å². The molecular weight excluding hydrogens is 1100 g/mol. The van der Waals surface area contributed by atoms with Gasteiger partial charge in [0, 0.05) is 25.7 Å². The highest BCUT2D eigenvalue weighted by Crippen LogP contribution is 2.45. The number of carbonyl (C=O) groups excluding carboxylic acids is 4. The number of carbonyl (C=O) groups is 4. The molecule has 19 heteroatoms. The van der Waals surface area contributed by atoms with Gasteiger partial charge in [0.1, 0.15) is 19.3 Å². The van der Waals surface area contributed by atoms with Gasteiger partial charge in [-0.1, -0.05) is 278 Å². The minimum atomic E-state index is -4.94. The third kappa shape index (κ3) is 58.8. The zero-order chi connectivity index (χ0) is 61.2. The molecule has 0 aromatic heterocycles. The number of phosphoric acid groups is 2. The van der Waals surface area contributed by atoms with Crippen LogP contribution >= 0.6 is 15.6 Å². The Morgan fingerprint density at radius 2 is 0.482 bits per heavy atom. The zero-order valence-electron chi connectivity index (χ0n) is 53.2. The van der Waals surface area contributed by atoms with Gasteiger partial charge in [-0.15, -0.1) is 0 Å². The van der Waals surface area contributed by atoms with E-state index in [1.165, 1.54) is 141 Å². The van der Waals surface area contributed by atoms with E-state index in [0.29, 0.717) is 25.7 Å². The Labute approximate surface area is 505 Å². The molecule has 2 unspecified atom stereocenters. The third-order valence-electron chi connectivity index (χ3n) is 14.9. The maximum Gasteiger partial charge on any atom is 0.472 e. The molecule has 17 nitrogen and oxygen atoms in total. The normalized spacial score (nSPS) is 14.2. The van der Waals surface area contributed by atoms with Gasteiger partial charge in [-0.3, -0.25) is 37.3 Å². The summed E-state index contributed by atoms with van der Waals surface area (Å²) in [4.78, 5) is 72.0. The summed E-state index contributed by atoms with van der Waals surface area (Å²) in [6.45, 7) is 4.84. The van der Waals surface area contributed by atoms with Crippen LogP contribution in [0.25, 0.3) is 0 Å². The highest BCUT2D eigenvalue weighted by molar-refractivity contribution is 7.47. The molecule has 0 aromatic rings. The van der Waals surface area contributed by atoms with Gasteiger partial charge in [0.2, 0.25) is 0 Å². The molecule has 0 aromatic carbocycles. The van der Waals surface area contributed by atoms with Crippen molar-refractivity contribution in [3.8, 4) is 0 Å². The number of rotatable bonds is 65. The molecule has 0 saturated carbocycles. The third-order valence-corrected chi connectivity index (χ3v) is 16.8. The first-order valence-electron chi connectivity index (χ1n) is 33.8. The van der Waals surface area contributed by atoms with E-state index in [1.807, 2.05) is 0 Å². The van der Waals surface area contributed by atoms with Crippen LogP contribution in [0.3, 0.4) is 0 Å². The van der Waals surface area contributed by atoms with Crippen LogP contribution in [0.4, 0.5) is 0 Å². The maximum atomic E-state index is 13.0. The summed E-state index contributed by atoms with van der Waals surface area (Å²) in [7, 11) is -9.88. The number of phosphoric ester groups is 2. The molecule has 0 saturated heterocycles. The SMILES string of the molecule is CCCCCCCCCCCCCCCCC(=O)OC[C@H](COP(=O)(O)OC[C@@H](O)COP(=O)(O)OC[C@@H](COC(=O)CCCCCCCCC)OC(=O)CCCCCCCCCC)OC(=O)CCCCCCCCCCCCCCCC. The number of unbranched alkanes of at least 4 members (excludes halogenated alkanes) is 39. The summed E-state index contributed by atoms with van der Waals surface area (Å²) in [5.41, 5.74) is 0. The van der Waals surface area contributed by atoms with Gasteiger partial charge >= 0.3 is 39.5 Å². The first kappa shape index (κ1) is 81.1. The second-order valence-corrected chi connectivity index (χ2v) is 26.1. The molecule has 0 bridgehead atoms. The van der Waals surface area contributed by atoms with Crippen molar-refractivity contribution in [3.63, 3.8) is 0 Å². The zero-order valence-corrected chi connectivity index (χ0v) is 54.9. The van der Waals surface area contributed by atoms with E-state index < -0.39 is 97.5 Å². The van der Waals surface area contributed by atoms with Crippen molar-refractivity contribution >= 4 is 39.5 Å². The highest BCUT2D eigenvalue weighted by atomic mass is 31.2. The summed E-state index contributed by atoms with van der Waals surface area (Å²) in [6, 6.07) is 0. The lowest BCUT2D eigenvalue weighted by molar-refractivity contribution is -0.161. The van der Waals surface area contributed by atoms with Gasteiger partial charge in [-0.05, 0) is 25.7 Å². The van der Waals surface area contributed by atoms with Gasteiger partial charge in [0.15, 0.2) is 12.2 Å². The molecule has 0 aliphatic rings. The summed E-state index contributed by atoms with van der Waals surface area (Å²) in [5.74, 6) is -2.14. The van der Waals surface area contributed by atoms with Crippen LogP contribution in [0.2, 0.25) is 0 Å². The fraction of sp³-hybridized carbons (Fsp3) is 0.938. The van der Waals surface area contributed by atoms with Crippen LogP contribution in [-0.4, -0.2) is 96.7 Å². The molecule has 0 radical (unpaired) electrons. The molecule has 0 rings (SSSR count). The Morgan fingerprint density at radius 3 is 0.711 bits per heavy atom. The molecule has 0 fully saturated rings. The van der Waals surface area contributed by atoms with Crippen molar-refractivity contribution < 1.29 is 80.2 Å². The standard InChI is InChI=1S/C64H124O17P2/c1-5-9-13-17-21-24-26-28-30-32-34-38-41-45-49-62(67)75-55-60(81-64(69)51-47-43-39-35-33-31-29-27-25-22-18-14-10-6-2)57-79-83(72,73)77-53-58(65)52-76-82(70,71)78-56-59(54-74-61(66)48-44-40-36-20-16-12-8-4)80-63(68)50-46-42-37-23-19-15-11-7-3/h58-60,65H,5-57H2,1-4H3,(H,70,71)(H,72,73)/t58-,59+,60+/m0/s1. The fourth-order valence-corrected chi connectivity index (χ4v) is 11.2. The average molecular weight is 1230 g/mol. The molecule has 3 N–H and O–H groups in total. The van der Waals surface area contributed by atoms with Gasteiger partial charge < -0.3 is 33.8 Å². The van der Waals surface area contributed by atoms with Gasteiger partial charge in [0.25, 0.3) is 0 Å². The summed E-state index contributed by atoms with van der Waals surface area (Å²) in [5, 5.41) is 10.5. The molecule has 0 amide bonds. The van der Waals surface area contributed by atoms with Gasteiger partial charge in [-0.25, -0.2) is 9.13 Å². The highest BCUT2D eigenvalue weighted by Gasteiger charge is 2.30. The minimum Gasteiger partial charge on any atom is -0.462 e. The smallest absolute Gasteiger partial charge is 0.462 e. The van der Waals surface area contributed by atoms with E-state index >= 15 is 0 Å². The van der Waals surface area contributed by atoms with Crippen LogP contribution in [-0.2, 0) is 65.4 Å². The van der Waals surface area contributed by atoms with Gasteiger partial charge in [-0.2, -0.15) is 0 Å². The molecule has 83 heavy (non-hydrogen) atoms. The number of aliphatic hydroxyl groups is 1. The van der Waals surface area contributed by atoms with E-state index in [4.69, 9.17) is 37.0 Å². The Bertz CT molecular complexity index is 1600. The topological polar surface area (TPSA) is 237 Å². The van der Waals surface area contributed by atoms with Crippen molar-refractivity contribution in [2.75, 3.05) is 39.6 Å². The lowest BCUT2D eigenvalue weighted by Gasteiger charge is -2.21. The molecule has 0 aliphatic carbocycles. The van der Waals surface area contributed by atoms with Crippen molar-refractivity contribution in [1.82, 2.24) is 0 Å². The number of esters is 4. The lowest BCUT2D eigenvalue weighted by atomic mass is 10.0. The molecule has 492 valence electrons. The average Bonchev–Trinajstić information content (AvgIpc) is 3.46. The van der Waals surface area contributed by atoms with E-state index in [0.717, 1.165) is 109 Å². The monoisotopic (exact) mass is 1230 g/mol. The lowest BCUT2D eigenvalue weighted by Crippen LogP contribution is -2.30. The van der Waals surface area contributed by atoms with Gasteiger partial charge in [0.05, 0.1) is 26.4 Å². The number of aliphatic hydroxyl groups excluding tert-OH is 1. The number of hydrogen-bond donors (Lipinski definition) is 3. The summed E-state index contributed by atoms with van der Waals surface area (Å²) in [6.07, 6.45) is 44.5. The first-order chi connectivity index (χ1) is 40.2. The molecule has 0 spiro atoms. The summed E-state index contributed by atoms with van der Waals surface area (Å²) < 4.78 is 67.9. The second kappa shape index (κ2) is 59.0. The van der Waals surface area contributed by atoms with Crippen molar-refractivity contribution in [3.05, 3.63) is 0 Å². The Kier molecular flexibility index (Phi) is 57.7. The minimum absolute atomic E-state index is 0.105. The molecular formula is C64H124O17P2. The van der Waals surface area contributed by atoms with Crippen LogP contribution in [0.5, 0.6) is 0 Å². The molecule has 0 heterocycles. The van der Waals surface area contributed by atoms with Crippen molar-refractivity contribution in [1.29, 1.82) is 0 Å². The Morgan fingerprint density at radius 1 is 0.289 bits per heavy atom. The van der Waals surface area contributed by atoms with Crippen LogP contribution in [0.15, 0.2) is 0 Å². The van der Waals surface area contributed by atoms with E-state index in [-0.39, 0.29) is 25.7 Å². The Balaban J connectivity index is 5.19. The number of ether oxygens (including phenoxy) is 4. The predicted octanol–water partition coefficient (Wildman–Crippen LogP) is 17.9. The summed E-state index contributed by atoms with van der Waals surface area (Å²) >= 11 is 0. The van der Waals surface area contributed by atoms with E-state index in [9.17, 15) is 43.2 Å². The van der Waals surface area contributed by atoms with Crippen molar-refractivity contribution in [2.24, 2.45) is 0 Å². The largest absolute Gasteiger partial charge is 0.472 e. The van der Waals surface area contributed by atoms with Crippen molar-refractivity contribution in [2.45, 2.75) is 348 Å². The van der Waals surface area contributed by atoms with Crippen LogP contribution in [0, 0.1) is 0 Å². The quantitative estimate of drug-likeness (QED) is 0.0222. The predicted molar refractivity (Wildman–Crippen MR) is 331 cm³/mol. The maximum absolute atomic E-state index is 13.0. The van der Waals surface area contributed by atoms with Crippen LogP contribution in [0.1, 0.15) is 329 Å². The molecule has 5 atom stereocenters. The number of hydrogen-bond acceptors (Lipinski definition) is 15. The van der Waals surface area contributed by atoms with E-state index in [1.54, 1.807) is 0 Å². The Hall–Kier alpha value is -1.94. The fourth-order valence-electron chi connectivity index (χ4n) is 9.63. The molecule has 0 aliphatic heterocycles.